The molecule has 5 heteroatoms. The van der Waals surface area contributed by atoms with Gasteiger partial charge in [-0.15, -0.1) is 0 Å². The number of hydrogen-bond acceptors (Lipinski definition) is 4. The predicted octanol–water partition coefficient (Wildman–Crippen LogP) is 1.98. The van der Waals surface area contributed by atoms with E-state index in [1.54, 1.807) is 14.2 Å². The van der Waals surface area contributed by atoms with Crippen LogP contribution < -0.4 is 14.8 Å². The van der Waals surface area contributed by atoms with Crippen LogP contribution in [0.25, 0.3) is 0 Å². The summed E-state index contributed by atoms with van der Waals surface area (Å²) in [4.78, 5) is 14.2. The summed E-state index contributed by atoms with van der Waals surface area (Å²) in [6.45, 7) is 5.27. The van der Waals surface area contributed by atoms with Gasteiger partial charge in [-0.25, -0.2) is 0 Å². The Labute approximate surface area is 132 Å². The van der Waals surface area contributed by atoms with E-state index in [0.29, 0.717) is 13.0 Å². The number of carbonyl (C=O) groups is 1. The van der Waals surface area contributed by atoms with Gasteiger partial charge in [0.05, 0.1) is 14.2 Å². The Balaban J connectivity index is 2.00. The van der Waals surface area contributed by atoms with E-state index in [0.717, 1.165) is 49.5 Å². The number of ether oxygens (including phenoxy) is 2. The molecule has 1 aliphatic rings. The molecular formula is C17H26N2O3. The lowest BCUT2D eigenvalue weighted by atomic mass is 9.98. The summed E-state index contributed by atoms with van der Waals surface area (Å²) in [6.07, 6.45) is 2.51. The monoisotopic (exact) mass is 306 g/mol. The molecule has 0 unspecified atom stereocenters. The fraction of sp³-hybridized carbons (Fsp3) is 0.588. The zero-order valence-corrected chi connectivity index (χ0v) is 13.8. The van der Waals surface area contributed by atoms with Crippen molar-refractivity contribution in [1.82, 2.24) is 10.2 Å². The second-order valence-corrected chi connectivity index (χ2v) is 5.54. The summed E-state index contributed by atoms with van der Waals surface area (Å²) in [5.74, 6) is 1.69. The maximum Gasteiger partial charge on any atom is 0.224 e. The normalized spacial score (nSPS) is 13.7. The van der Waals surface area contributed by atoms with Gasteiger partial charge in [-0.3, -0.25) is 4.79 Å². The van der Waals surface area contributed by atoms with E-state index in [2.05, 4.69) is 12.2 Å². The van der Waals surface area contributed by atoms with E-state index in [4.69, 9.17) is 9.47 Å². The summed E-state index contributed by atoms with van der Waals surface area (Å²) < 4.78 is 10.7. The number of nitrogens with zero attached hydrogens (tertiary/aromatic N) is 1. The summed E-state index contributed by atoms with van der Waals surface area (Å²) in [7, 11) is 3.28. The van der Waals surface area contributed by atoms with E-state index in [1.807, 2.05) is 17.0 Å². The number of carbonyl (C=O) groups excluding carboxylic acids is 1. The Morgan fingerprint density at radius 3 is 2.50 bits per heavy atom. The van der Waals surface area contributed by atoms with Gasteiger partial charge in [0.1, 0.15) is 0 Å². The van der Waals surface area contributed by atoms with Gasteiger partial charge in [-0.1, -0.05) is 6.92 Å². The fourth-order valence-electron chi connectivity index (χ4n) is 2.75. The van der Waals surface area contributed by atoms with E-state index >= 15 is 0 Å². The molecule has 1 aromatic rings. The highest BCUT2D eigenvalue weighted by atomic mass is 16.5. The van der Waals surface area contributed by atoms with Gasteiger partial charge in [-0.05, 0) is 42.6 Å². The molecule has 0 spiro atoms. The van der Waals surface area contributed by atoms with E-state index in [-0.39, 0.29) is 5.91 Å². The minimum absolute atomic E-state index is 0.212. The molecule has 0 saturated carbocycles. The third kappa shape index (κ3) is 3.91. The predicted molar refractivity (Wildman–Crippen MR) is 86.4 cm³/mol. The molecule has 1 aromatic carbocycles. The van der Waals surface area contributed by atoms with Crippen molar-refractivity contribution < 1.29 is 14.3 Å². The molecule has 122 valence electrons. The maximum absolute atomic E-state index is 12.3. The topological polar surface area (TPSA) is 50.8 Å². The molecule has 1 heterocycles. The Morgan fingerprint density at radius 1 is 1.18 bits per heavy atom. The molecule has 0 saturated heterocycles. The van der Waals surface area contributed by atoms with Gasteiger partial charge in [-0.2, -0.15) is 0 Å². The lowest BCUT2D eigenvalue weighted by molar-refractivity contribution is -0.132. The summed E-state index contributed by atoms with van der Waals surface area (Å²) in [6, 6.07) is 4.02. The fourth-order valence-corrected chi connectivity index (χ4v) is 2.75. The van der Waals surface area contributed by atoms with Crippen LogP contribution >= 0.6 is 0 Å². The minimum atomic E-state index is 0.212. The SMILES string of the molecule is CCCNCCC(=O)N1CCc2cc(OC)c(OC)cc2C1. The Bertz CT molecular complexity index is 517. The molecule has 0 aliphatic carbocycles. The Kier molecular flexibility index (Phi) is 6.07. The number of benzene rings is 1. The lowest BCUT2D eigenvalue weighted by Gasteiger charge is -2.29. The highest BCUT2D eigenvalue weighted by molar-refractivity contribution is 5.76. The van der Waals surface area contributed by atoms with Gasteiger partial charge >= 0.3 is 0 Å². The van der Waals surface area contributed by atoms with E-state index < -0.39 is 0 Å². The molecule has 0 atom stereocenters. The molecule has 1 aliphatic heterocycles. The largest absolute Gasteiger partial charge is 0.493 e. The first-order chi connectivity index (χ1) is 10.7. The van der Waals surface area contributed by atoms with Crippen molar-refractivity contribution in [2.75, 3.05) is 33.9 Å². The first-order valence-electron chi connectivity index (χ1n) is 7.91. The number of hydrogen-bond donors (Lipinski definition) is 1. The van der Waals surface area contributed by atoms with Crippen molar-refractivity contribution in [2.24, 2.45) is 0 Å². The number of methoxy groups -OCH3 is 2. The van der Waals surface area contributed by atoms with Gasteiger partial charge in [0.25, 0.3) is 0 Å². The third-order valence-corrected chi connectivity index (χ3v) is 4.01. The van der Waals surface area contributed by atoms with Crippen molar-refractivity contribution >= 4 is 5.91 Å². The minimum Gasteiger partial charge on any atom is -0.493 e. The van der Waals surface area contributed by atoms with E-state index in [1.165, 1.54) is 5.56 Å². The van der Waals surface area contributed by atoms with Gasteiger partial charge in [0.2, 0.25) is 5.91 Å². The van der Waals surface area contributed by atoms with E-state index in [9.17, 15) is 4.79 Å². The average Bonchev–Trinajstić information content (AvgIpc) is 2.56. The summed E-state index contributed by atoms with van der Waals surface area (Å²) >= 11 is 0. The molecule has 0 radical (unpaired) electrons. The van der Waals surface area contributed by atoms with Crippen LogP contribution in [0.3, 0.4) is 0 Å². The van der Waals surface area contributed by atoms with Crippen molar-refractivity contribution in [2.45, 2.75) is 32.7 Å². The van der Waals surface area contributed by atoms with Gasteiger partial charge in [0.15, 0.2) is 11.5 Å². The van der Waals surface area contributed by atoms with Crippen LogP contribution in [0.2, 0.25) is 0 Å². The second-order valence-electron chi connectivity index (χ2n) is 5.54. The van der Waals surface area contributed by atoms with Crippen molar-refractivity contribution in [1.29, 1.82) is 0 Å². The molecular weight excluding hydrogens is 280 g/mol. The van der Waals surface area contributed by atoms with Gasteiger partial charge < -0.3 is 19.7 Å². The van der Waals surface area contributed by atoms with Crippen LogP contribution in [0.5, 0.6) is 11.5 Å². The Hall–Kier alpha value is -1.75. The number of fused-ring (bicyclic) bond motifs is 1. The zero-order valence-electron chi connectivity index (χ0n) is 13.8. The van der Waals surface area contributed by atoms with Crippen LogP contribution in [0.15, 0.2) is 12.1 Å². The quantitative estimate of drug-likeness (QED) is 0.783. The molecule has 5 nitrogen and oxygen atoms in total. The van der Waals surface area contributed by atoms with Crippen molar-refractivity contribution in [3.63, 3.8) is 0 Å². The van der Waals surface area contributed by atoms with Crippen molar-refractivity contribution in [3.05, 3.63) is 23.3 Å². The lowest BCUT2D eigenvalue weighted by Crippen LogP contribution is -2.37. The molecule has 22 heavy (non-hydrogen) atoms. The standard InChI is InChI=1S/C17H26N2O3/c1-4-7-18-8-5-17(20)19-9-6-13-10-15(21-2)16(22-3)11-14(13)12-19/h10-11,18H,4-9,12H2,1-3H3. The van der Waals surface area contributed by atoms with Crippen LogP contribution in [0.4, 0.5) is 0 Å². The zero-order chi connectivity index (χ0) is 15.9. The average molecular weight is 306 g/mol. The number of rotatable bonds is 7. The molecule has 0 bridgehead atoms. The van der Waals surface area contributed by atoms with Crippen LogP contribution in [-0.4, -0.2) is 44.7 Å². The first kappa shape index (κ1) is 16.6. The molecule has 1 N–H and O–H groups in total. The molecule has 0 fully saturated rings. The first-order valence-corrected chi connectivity index (χ1v) is 7.91. The van der Waals surface area contributed by atoms with Crippen LogP contribution in [0.1, 0.15) is 30.9 Å². The van der Waals surface area contributed by atoms with Gasteiger partial charge in [0, 0.05) is 26.1 Å². The highest BCUT2D eigenvalue weighted by Crippen LogP contribution is 2.33. The molecule has 2 rings (SSSR count). The molecule has 1 amide bonds. The number of amides is 1. The molecule has 0 aromatic heterocycles. The van der Waals surface area contributed by atoms with Crippen molar-refractivity contribution in [3.8, 4) is 11.5 Å². The summed E-state index contributed by atoms with van der Waals surface area (Å²) in [5.41, 5.74) is 2.39. The number of nitrogens with one attached hydrogen (secondary N) is 1. The Morgan fingerprint density at radius 2 is 1.86 bits per heavy atom. The second kappa shape index (κ2) is 8.03. The van der Waals surface area contributed by atoms with Crippen LogP contribution in [0, 0.1) is 0 Å². The smallest absolute Gasteiger partial charge is 0.224 e. The third-order valence-electron chi connectivity index (χ3n) is 4.01. The maximum atomic E-state index is 12.3. The summed E-state index contributed by atoms with van der Waals surface area (Å²) in [5, 5.41) is 3.27. The highest BCUT2D eigenvalue weighted by Gasteiger charge is 2.22. The van der Waals surface area contributed by atoms with Crippen LogP contribution in [-0.2, 0) is 17.8 Å².